The number of hydrogen-bond acceptors (Lipinski definition) is 3. The molecule has 1 rings (SSSR count). The molecule has 0 aliphatic heterocycles. The number of aromatic nitrogens is 2. The first-order valence-electron chi connectivity index (χ1n) is 8.47. The molecule has 0 radical (unpaired) electrons. The van der Waals surface area contributed by atoms with Gasteiger partial charge in [0.15, 0.2) is 0 Å². The second kappa shape index (κ2) is 8.54. The van der Waals surface area contributed by atoms with E-state index in [1.165, 1.54) is 11.4 Å². The van der Waals surface area contributed by atoms with Crippen molar-refractivity contribution in [3.05, 3.63) is 17.5 Å². The molecule has 0 amide bonds. The molecule has 4 heteroatoms. The van der Waals surface area contributed by atoms with Crippen LogP contribution in [-0.4, -0.2) is 35.1 Å². The minimum atomic E-state index is -0.0985. The average molecular weight is 295 g/mol. The van der Waals surface area contributed by atoms with Crippen molar-refractivity contribution in [2.24, 2.45) is 0 Å². The number of nitrogens with zero attached hydrogens (tertiary/aromatic N) is 2. The van der Waals surface area contributed by atoms with Gasteiger partial charge in [-0.1, -0.05) is 20.8 Å². The molecule has 0 fully saturated rings. The van der Waals surface area contributed by atoms with Crippen molar-refractivity contribution in [2.75, 3.05) is 13.7 Å². The van der Waals surface area contributed by atoms with Gasteiger partial charge in [-0.05, 0) is 46.2 Å². The maximum Gasteiger partial charge on any atom is 0.0833 e. The summed E-state index contributed by atoms with van der Waals surface area (Å²) in [6.07, 6.45) is 3.98. The monoisotopic (exact) mass is 295 g/mol. The molecule has 21 heavy (non-hydrogen) atoms. The van der Waals surface area contributed by atoms with Gasteiger partial charge in [-0.3, -0.25) is 4.68 Å². The third-order valence-electron chi connectivity index (χ3n) is 4.60. The number of likely N-dealkylation sites (N-methyl/N-ethyl adjacent to an activating group) is 1. The highest BCUT2D eigenvalue weighted by Gasteiger charge is 2.36. The second-order valence-corrected chi connectivity index (χ2v) is 5.55. The molecule has 1 aromatic heterocycles. The van der Waals surface area contributed by atoms with Gasteiger partial charge in [-0.2, -0.15) is 5.10 Å². The van der Waals surface area contributed by atoms with Gasteiger partial charge >= 0.3 is 0 Å². The van der Waals surface area contributed by atoms with Gasteiger partial charge in [0, 0.05) is 31.3 Å². The molecule has 1 heterocycles. The van der Waals surface area contributed by atoms with E-state index in [2.05, 4.69) is 55.8 Å². The zero-order valence-electron chi connectivity index (χ0n) is 14.7. The maximum absolute atomic E-state index is 6.17. The molecule has 0 saturated heterocycles. The van der Waals surface area contributed by atoms with E-state index in [0.717, 1.165) is 38.8 Å². The van der Waals surface area contributed by atoms with E-state index in [9.17, 15) is 0 Å². The van der Waals surface area contributed by atoms with Crippen molar-refractivity contribution in [1.82, 2.24) is 15.1 Å². The van der Waals surface area contributed by atoms with E-state index in [1.807, 2.05) is 7.05 Å². The Balaban J connectivity index is 3.02. The summed E-state index contributed by atoms with van der Waals surface area (Å²) in [6.45, 7) is 12.5. The summed E-state index contributed by atoms with van der Waals surface area (Å²) in [5.74, 6) is 0. The fraction of sp³-hybridized carbons (Fsp3) is 0.824. The summed E-state index contributed by atoms with van der Waals surface area (Å²) < 4.78 is 8.30. The van der Waals surface area contributed by atoms with Crippen molar-refractivity contribution in [1.29, 1.82) is 0 Å². The lowest BCUT2D eigenvalue weighted by molar-refractivity contribution is -0.0707. The van der Waals surface area contributed by atoms with Crippen molar-refractivity contribution in [3.63, 3.8) is 0 Å². The normalized spacial score (nSPS) is 13.6. The lowest BCUT2D eigenvalue weighted by Crippen LogP contribution is -2.52. The van der Waals surface area contributed by atoms with Crippen LogP contribution in [0, 0.1) is 0 Å². The Hall–Kier alpha value is -0.870. The highest BCUT2D eigenvalue weighted by molar-refractivity contribution is 5.13. The predicted octanol–water partition coefficient (Wildman–Crippen LogP) is 3.19. The SMILES string of the molecule is CCOC(CC)(CC)C(Cc1cc(CC)nn1CC)NC. The lowest BCUT2D eigenvalue weighted by Gasteiger charge is -2.39. The summed E-state index contributed by atoms with van der Waals surface area (Å²) in [5, 5.41) is 8.15. The molecule has 0 aliphatic carbocycles. The van der Waals surface area contributed by atoms with Gasteiger partial charge < -0.3 is 10.1 Å². The largest absolute Gasteiger partial charge is 0.374 e. The van der Waals surface area contributed by atoms with E-state index in [0.29, 0.717) is 6.04 Å². The van der Waals surface area contributed by atoms with Crippen molar-refractivity contribution < 1.29 is 4.74 Å². The zero-order chi connectivity index (χ0) is 15.9. The molecular weight excluding hydrogens is 262 g/mol. The molecule has 0 bridgehead atoms. The highest BCUT2D eigenvalue weighted by Crippen LogP contribution is 2.27. The molecule has 122 valence electrons. The average Bonchev–Trinajstić information content (AvgIpc) is 2.92. The number of ether oxygens (including phenoxy) is 1. The summed E-state index contributed by atoms with van der Waals surface area (Å²) in [5.41, 5.74) is 2.38. The maximum atomic E-state index is 6.17. The lowest BCUT2D eigenvalue weighted by atomic mass is 9.85. The first kappa shape index (κ1) is 18.2. The van der Waals surface area contributed by atoms with Gasteiger partial charge in [0.2, 0.25) is 0 Å². The minimum Gasteiger partial charge on any atom is -0.374 e. The minimum absolute atomic E-state index is 0.0985. The smallest absolute Gasteiger partial charge is 0.0833 e. The van der Waals surface area contributed by atoms with Crippen molar-refractivity contribution in [3.8, 4) is 0 Å². The van der Waals surface area contributed by atoms with Crippen LogP contribution >= 0.6 is 0 Å². The molecular formula is C17H33N3O. The Kier molecular flexibility index (Phi) is 7.40. The van der Waals surface area contributed by atoms with E-state index >= 15 is 0 Å². The summed E-state index contributed by atoms with van der Waals surface area (Å²) in [4.78, 5) is 0. The molecule has 0 saturated carbocycles. The van der Waals surface area contributed by atoms with Gasteiger partial charge in [0.05, 0.1) is 11.3 Å². The van der Waals surface area contributed by atoms with Crippen molar-refractivity contribution in [2.45, 2.75) is 78.5 Å². The predicted molar refractivity (Wildman–Crippen MR) is 88.8 cm³/mol. The van der Waals surface area contributed by atoms with Gasteiger partial charge in [-0.25, -0.2) is 0 Å². The standard InChI is InChI=1S/C17H33N3O/c1-7-14-12-15(20(10-4)19-14)13-16(18-6)17(8-2,9-3)21-11-5/h12,16,18H,7-11,13H2,1-6H3. The van der Waals surface area contributed by atoms with Crippen LogP contribution in [0.3, 0.4) is 0 Å². The quantitative estimate of drug-likeness (QED) is 0.720. The Morgan fingerprint density at radius 3 is 2.33 bits per heavy atom. The van der Waals surface area contributed by atoms with Crippen LogP contribution in [0.25, 0.3) is 0 Å². The summed E-state index contributed by atoms with van der Waals surface area (Å²) in [7, 11) is 2.04. The van der Waals surface area contributed by atoms with Gasteiger partial charge in [0.25, 0.3) is 0 Å². The highest BCUT2D eigenvalue weighted by atomic mass is 16.5. The molecule has 0 spiro atoms. The summed E-state index contributed by atoms with van der Waals surface area (Å²) >= 11 is 0. The van der Waals surface area contributed by atoms with E-state index in [-0.39, 0.29) is 5.60 Å². The van der Waals surface area contributed by atoms with Gasteiger partial charge in [-0.15, -0.1) is 0 Å². The molecule has 0 aliphatic rings. The Labute approximate surface area is 130 Å². The van der Waals surface area contributed by atoms with E-state index < -0.39 is 0 Å². The number of rotatable bonds is 10. The number of hydrogen-bond donors (Lipinski definition) is 1. The fourth-order valence-electron chi connectivity index (χ4n) is 3.22. The Morgan fingerprint density at radius 2 is 1.90 bits per heavy atom. The van der Waals surface area contributed by atoms with Gasteiger partial charge in [0.1, 0.15) is 0 Å². The van der Waals surface area contributed by atoms with Crippen LogP contribution < -0.4 is 5.32 Å². The third-order valence-corrected chi connectivity index (χ3v) is 4.60. The third kappa shape index (κ3) is 4.07. The number of aryl methyl sites for hydroxylation is 2. The van der Waals surface area contributed by atoms with Crippen molar-refractivity contribution >= 4 is 0 Å². The number of nitrogens with one attached hydrogen (secondary N) is 1. The molecule has 1 unspecified atom stereocenters. The first-order valence-corrected chi connectivity index (χ1v) is 8.47. The Morgan fingerprint density at radius 1 is 1.24 bits per heavy atom. The van der Waals surface area contributed by atoms with E-state index in [4.69, 9.17) is 4.74 Å². The zero-order valence-corrected chi connectivity index (χ0v) is 14.7. The van der Waals surface area contributed by atoms with Crippen LogP contribution in [0.2, 0.25) is 0 Å². The van der Waals surface area contributed by atoms with Crippen LogP contribution in [-0.2, 0) is 24.1 Å². The Bertz CT molecular complexity index is 410. The molecule has 1 N–H and O–H groups in total. The van der Waals surface area contributed by atoms with Crippen LogP contribution in [0.15, 0.2) is 6.07 Å². The van der Waals surface area contributed by atoms with Crippen LogP contribution in [0.5, 0.6) is 0 Å². The first-order chi connectivity index (χ1) is 10.1. The van der Waals surface area contributed by atoms with Crippen LogP contribution in [0.4, 0.5) is 0 Å². The molecule has 1 atom stereocenters. The molecule has 4 nitrogen and oxygen atoms in total. The molecule has 1 aromatic rings. The van der Waals surface area contributed by atoms with E-state index in [1.54, 1.807) is 0 Å². The van der Waals surface area contributed by atoms with Crippen LogP contribution in [0.1, 0.15) is 58.8 Å². The second-order valence-electron chi connectivity index (χ2n) is 5.55. The topological polar surface area (TPSA) is 39.1 Å². The summed E-state index contributed by atoms with van der Waals surface area (Å²) in [6, 6.07) is 2.55. The molecule has 0 aromatic carbocycles. The fourth-order valence-corrected chi connectivity index (χ4v) is 3.22.